The first-order chi connectivity index (χ1) is 16.8. The molecule has 0 spiro atoms. The van der Waals surface area contributed by atoms with Gasteiger partial charge in [0, 0.05) is 6.07 Å². The van der Waals surface area contributed by atoms with E-state index in [0.29, 0.717) is 11.4 Å². The summed E-state index contributed by atoms with van der Waals surface area (Å²) in [6.07, 6.45) is 2.62. The lowest BCUT2D eigenvalue weighted by Crippen LogP contribution is -2.42. The lowest BCUT2D eigenvalue weighted by molar-refractivity contribution is -0.120. The van der Waals surface area contributed by atoms with Crippen molar-refractivity contribution in [3.63, 3.8) is 0 Å². The van der Waals surface area contributed by atoms with Gasteiger partial charge in [-0.3, -0.25) is 9.10 Å². The van der Waals surface area contributed by atoms with Crippen molar-refractivity contribution < 1.29 is 22.7 Å². The van der Waals surface area contributed by atoms with Gasteiger partial charge in [-0.15, -0.1) is 0 Å². The van der Waals surface area contributed by atoms with Crippen LogP contribution in [0.4, 0.5) is 5.69 Å². The first-order valence-electron chi connectivity index (χ1n) is 11.5. The second kappa shape index (κ2) is 10.4. The summed E-state index contributed by atoms with van der Waals surface area (Å²) in [5.41, 5.74) is 3.48. The molecular weight excluding hydrogens is 464 g/mol. The molecule has 1 unspecified atom stereocenters. The molecule has 1 aliphatic carbocycles. The zero-order valence-electron chi connectivity index (χ0n) is 20.2. The average Bonchev–Trinajstić information content (AvgIpc) is 2.87. The third kappa shape index (κ3) is 5.43. The summed E-state index contributed by atoms with van der Waals surface area (Å²) in [5, 5.41) is 3.06. The molecule has 0 fully saturated rings. The van der Waals surface area contributed by atoms with Gasteiger partial charge in [0.1, 0.15) is 18.0 Å². The third-order valence-electron chi connectivity index (χ3n) is 6.24. The molecule has 1 N–H and O–H groups in total. The van der Waals surface area contributed by atoms with E-state index in [1.54, 1.807) is 55.6 Å². The Kier molecular flexibility index (Phi) is 7.31. The molecule has 1 aliphatic rings. The molecule has 0 bridgehead atoms. The van der Waals surface area contributed by atoms with Gasteiger partial charge >= 0.3 is 0 Å². The number of sulfonamides is 1. The quantitative estimate of drug-likeness (QED) is 0.502. The van der Waals surface area contributed by atoms with Crippen LogP contribution in [0.2, 0.25) is 0 Å². The van der Waals surface area contributed by atoms with Crippen LogP contribution >= 0.6 is 0 Å². The summed E-state index contributed by atoms with van der Waals surface area (Å²) in [6, 6.07) is 19.0. The van der Waals surface area contributed by atoms with Crippen molar-refractivity contribution in [1.29, 1.82) is 0 Å². The average molecular weight is 495 g/mol. The highest BCUT2D eigenvalue weighted by Gasteiger charge is 2.29. The maximum atomic E-state index is 13.6. The van der Waals surface area contributed by atoms with Gasteiger partial charge in [-0.1, -0.05) is 29.8 Å². The summed E-state index contributed by atoms with van der Waals surface area (Å²) in [7, 11) is -0.856. The molecule has 0 heterocycles. The van der Waals surface area contributed by atoms with E-state index in [4.69, 9.17) is 9.47 Å². The van der Waals surface area contributed by atoms with Crippen LogP contribution in [0.15, 0.2) is 71.6 Å². The predicted molar refractivity (Wildman–Crippen MR) is 136 cm³/mol. The molecule has 35 heavy (non-hydrogen) atoms. The first kappa shape index (κ1) is 24.6. The maximum absolute atomic E-state index is 13.6. The SMILES string of the molecule is COc1cccc(N(CC(=O)NC2CCCc3cc(OC)ccc32)S(=O)(=O)c2ccc(C)cc2)c1. The minimum atomic E-state index is -4.00. The molecule has 7 nitrogen and oxygen atoms in total. The highest BCUT2D eigenvalue weighted by Crippen LogP contribution is 2.33. The number of hydrogen-bond acceptors (Lipinski definition) is 5. The Balaban J connectivity index is 1.63. The van der Waals surface area contributed by atoms with Crippen LogP contribution in [0.1, 0.15) is 35.6 Å². The van der Waals surface area contributed by atoms with Crippen molar-refractivity contribution in [2.24, 2.45) is 0 Å². The standard InChI is InChI=1S/C27H30N2O5S/c1-19-10-13-24(14-11-19)35(31,32)29(21-7-5-8-22(17-21)33-2)18-27(30)28-26-9-4-6-20-16-23(34-3)12-15-25(20)26/h5,7-8,10-17,26H,4,6,9,18H2,1-3H3,(H,28,30). The van der Waals surface area contributed by atoms with Crippen LogP contribution < -0.4 is 19.1 Å². The van der Waals surface area contributed by atoms with Crippen LogP contribution in [0.25, 0.3) is 0 Å². The van der Waals surface area contributed by atoms with Crippen LogP contribution in [0.3, 0.4) is 0 Å². The van der Waals surface area contributed by atoms with E-state index < -0.39 is 10.0 Å². The molecule has 4 rings (SSSR count). The molecule has 0 aromatic heterocycles. The normalized spacial score (nSPS) is 15.1. The number of carbonyl (C=O) groups excluding carboxylic acids is 1. The Hall–Kier alpha value is -3.52. The molecule has 1 atom stereocenters. The summed E-state index contributed by atoms with van der Waals surface area (Å²) >= 11 is 0. The second-order valence-electron chi connectivity index (χ2n) is 8.60. The number of ether oxygens (including phenoxy) is 2. The number of nitrogens with one attached hydrogen (secondary N) is 1. The maximum Gasteiger partial charge on any atom is 0.264 e. The van der Waals surface area contributed by atoms with Crippen LogP contribution in [-0.4, -0.2) is 35.1 Å². The largest absolute Gasteiger partial charge is 0.497 e. The highest BCUT2D eigenvalue weighted by molar-refractivity contribution is 7.92. The van der Waals surface area contributed by atoms with E-state index in [9.17, 15) is 13.2 Å². The van der Waals surface area contributed by atoms with Gasteiger partial charge in [0.25, 0.3) is 10.0 Å². The van der Waals surface area contributed by atoms with Crippen LogP contribution in [0, 0.1) is 6.92 Å². The summed E-state index contributed by atoms with van der Waals surface area (Å²) < 4.78 is 39.0. The Labute approximate surface area is 206 Å². The Morgan fingerprint density at radius 2 is 1.71 bits per heavy atom. The molecule has 8 heteroatoms. The molecule has 0 aliphatic heterocycles. The van der Waals surface area contributed by atoms with Gasteiger partial charge in [-0.2, -0.15) is 0 Å². The first-order valence-corrected chi connectivity index (χ1v) is 13.0. The van der Waals surface area contributed by atoms with Crippen molar-refractivity contribution >= 4 is 21.6 Å². The van der Waals surface area contributed by atoms with Gasteiger partial charge in [0.05, 0.1) is 30.8 Å². The van der Waals surface area contributed by atoms with E-state index >= 15 is 0 Å². The lowest BCUT2D eigenvalue weighted by atomic mass is 9.87. The molecule has 3 aromatic rings. The number of rotatable bonds is 8. The Morgan fingerprint density at radius 3 is 2.43 bits per heavy atom. The number of benzene rings is 3. The van der Waals surface area contributed by atoms with Crippen molar-refractivity contribution in [3.05, 3.63) is 83.4 Å². The van der Waals surface area contributed by atoms with E-state index in [1.165, 1.54) is 7.11 Å². The summed E-state index contributed by atoms with van der Waals surface area (Å²) in [4.78, 5) is 13.4. The minimum absolute atomic E-state index is 0.119. The number of aryl methyl sites for hydroxylation is 2. The molecule has 0 saturated heterocycles. The topological polar surface area (TPSA) is 84.9 Å². The lowest BCUT2D eigenvalue weighted by Gasteiger charge is -2.29. The molecule has 0 saturated carbocycles. The van der Waals surface area contributed by atoms with E-state index in [-0.39, 0.29) is 23.4 Å². The zero-order valence-corrected chi connectivity index (χ0v) is 21.0. The van der Waals surface area contributed by atoms with Gasteiger partial charge in [0.15, 0.2) is 0 Å². The van der Waals surface area contributed by atoms with Crippen molar-refractivity contribution in [2.75, 3.05) is 25.1 Å². The Bertz CT molecular complexity index is 1310. The number of amides is 1. The molecule has 184 valence electrons. The number of hydrogen-bond donors (Lipinski definition) is 1. The van der Waals surface area contributed by atoms with Crippen LogP contribution in [0.5, 0.6) is 11.5 Å². The second-order valence-corrected chi connectivity index (χ2v) is 10.5. The van der Waals surface area contributed by atoms with E-state index in [1.807, 2.05) is 25.1 Å². The van der Waals surface area contributed by atoms with Crippen molar-refractivity contribution in [1.82, 2.24) is 5.32 Å². The molecule has 1 amide bonds. The molecular formula is C27H30N2O5S. The number of anilines is 1. The van der Waals surface area contributed by atoms with Crippen LogP contribution in [-0.2, 0) is 21.2 Å². The Morgan fingerprint density at radius 1 is 1.00 bits per heavy atom. The fraction of sp³-hybridized carbons (Fsp3) is 0.296. The number of fused-ring (bicyclic) bond motifs is 1. The smallest absolute Gasteiger partial charge is 0.264 e. The van der Waals surface area contributed by atoms with E-state index in [2.05, 4.69) is 5.32 Å². The number of nitrogens with zero attached hydrogens (tertiary/aromatic N) is 1. The van der Waals surface area contributed by atoms with E-state index in [0.717, 1.165) is 46.0 Å². The number of methoxy groups -OCH3 is 2. The summed E-state index contributed by atoms with van der Waals surface area (Å²) in [5.74, 6) is 0.906. The number of carbonyl (C=O) groups is 1. The summed E-state index contributed by atoms with van der Waals surface area (Å²) in [6.45, 7) is 1.53. The van der Waals surface area contributed by atoms with Gasteiger partial charge in [0.2, 0.25) is 5.91 Å². The fourth-order valence-corrected chi connectivity index (χ4v) is 5.77. The molecule has 3 aromatic carbocycles. The predicted octanol–water partition coefficient (Wildman–Crippen LogP) is 4.40. The monoisotopic (exact) mass is 494 g/mol. The molecule has 0 radical (unpaired) electrons. The van der Waals surface area contributed by atoms with Gasteiger partial charge < -0.3 is 14.8 Å². The minimum Gasteiger partial charge on any atom is -0.497 e. The van der Waals surface area contributed by atoms with Crippen molar-refractivity contribution in [2.45, 2.75) is 37.1 Å². The zero-order chi connectivity index (χ0) is 25.0. The fourth-order valence-electron chi connectivity index (χ4n) is 4.36. The van der Waals surface area contributed by atoms with Crippen molar-refractivity contribution in [3.8, 4) is 11.5 Å². The third-order valence-corrected chi connectivity index (χ3v) is 8.03. The highest BCUT2D eigenvalue weighted by atomic mass is 32.2. The van der Waals surface area contributed by atoms with Gasteiger partial charge in [-0.25, -0.2) is 8.42 Å². The van der Waals surface area contributed by atoms with Gasteiger partial charge in [-0.05, 0) is 73.7 Å².